The summed E-state index contributed by atoms with van der Waals surface area (Å²) >= 11 is 0. The summed E-state index contributed by atoms with van der Waals surface area (Å²) in [6.45, 7) is 6.33. The lowest BCUT2D eigenvalue weighted by Crippen LogP contribution is -2.33. The first kappa shape index (κ1) is 17.9. The van der Waals surface area contributed by atoms with Gasteiger partial charge in [-0.2, -0.15) is 4.31 Å². The second kappa shape index (κ2) is 7.75. The summed E-state index contributed by atoms with van der Waals surface area (Å²) in [6, 6.07) is 2.65. The fourth-order valence-electron chi connectivity index (χ4n) is 2.11. The number of nitrogens with zero attached hydrogens (tertiary/aromatic N) is 1. The third-order valence-corrected chi connectivity index (χ3v) is 5.28. The molecule has 6 heteroatoms. The van der Waals surface area contributed by atoms with Crippen LogP contribution < -0.4 is 5.73 Å². The van der Waals surface area contributed by atoms with Crippen LogP contribution in [0.15, 0.2) is 17.0 Å². The van der Waals surface area contributed by atoms with Gasteiger partial charge in [0.15, 0.2) is 0 Å². The van der Waals surface area contributed by atoms with Crippen LogP contribution in [0, 0.1) is 12.7 Å². The predicted molar refractivity (Wildman–Crippen MR) is 84.1 cm³/mol. The topological polar surface area (TPSA) is 63.4 Å². The lowest BCUT2D eigenvalue weighted by atomic mass is 10.2. The Morgan fingerprint density at radius 3 is 2.14 bits per heavy atom. The highest BCUT2D eigenvalue weighted by Crippen LogP contribution is 2.25. The minimum atomic E-state index is -3.84. The minimum Gasteiger partial charge on any atom is -0.399 e. The summed E-state index contributed by atoms with van der Waals surface area (Å²) in [5.41, 5.74) is 6.19. The van der Waals surface area contributed by atoms with Gasteiger partial charge in [0.25, 0.3) is 0 Å². The molecule has 0 unspecified atom stereocenters. The number of nitrogen functional groups attached to an aromatic ring is 1. The molecule has 0 saturated heterocycles. The molecule has 0 spiro atoms. The van der Waals surface area contributed by atoms with Crippen LogP contribution in [0.2, 0.25) is 0 Å². The number of unbranched alkanes of at least 4 members (excludes halogenated alkanes) is 2. The van der Waals surface area contributed by atoms with Crippen LogP contribution >= 0.6 is 0 Å². The van der Waals surface area contributed by atoms with Gasteiger partial charge < -0.3 is 5.73 Å². The Morgan fingerprint density at radius 1 is 1.14 bits per heavy atom. The van der Waals surface area contributed by atoms with Crippen molar-refractivity contribution in [2.24, 2.45) is 0 Å². The summed E-state index contributed by atoms with van der Waals surface area (Å²) in [6.07, 6.45) is 3.28. The van der Waals surface area contributed by atoms with Crippen molar-refractivity contribution < 1.29 is 12.8 Å². The first-order chi connectivity index (χ1) is 9.84. The highest BCUT2D eigenvalue weighted by Gasteiger charge is 2.27. The van der Waals surface area contributed by atoms with Crippen LogP contribution in [0.5, 0.6) is 0 Å². The van der Waals surface area contributed by atoms with Crippen molar-refractivity contribution in [1.29, 1.82) is 0 Å². The predicted octanol–water partition coefficient (Wildman–Crippen LogP) is 3.31. The Kier molecular flexibility index (Phi) is 6.61. The second-order valence-corrected chi connectivity index (χ2v) is 7.17. The van der Waals surface area contributed by atoms with Crippen LogP contribution in [0.1, 0.15) is 45.1 Å². The first-order valence-corrected chi connectivity index (χ1v) is 8.84. The van der Waals surface area contributed by atoms with Gasteiger partial charge in [-0.15, -0.1) is 0 Å². The quantitative estimate of drug-likeness (QED) is 0.748. The van der Waals surface area contributed by atoms with Gasteiger partial charge in [-0.05, 0) is 37.5 Å². The molecule has 1 rings (SSSR count). The van der Waals surface area contributed by atoms with E-state index in [1.165, 1.54) is 23.4 Å². The number of hydrogen-bond donors (Lipinski definition) is 1. The van der Waals surface area contributed by atoms with Crippen molar-refractivity contribution in [3.05, 3.63) is 23.5 Å². The normalized spacial score (nSPS) is 12.0. The molecule has 0 amide bonds. The number of aryl methyl sites for hydroxylation is 1. The molecular weight excluding hydrogens is 291 g/mol. The van der Waals surface area contributed by atoms with Gasteiger partial charge in [0, 0.05) is 18.8 Å². The van der Waals surface area contributed by atoms with Crippen LogP contribution in [-0.4, -0.2) is 25.8 Å². The zero-order chi connectivity index (χ0) is 16.0. The number of anilines is 1. The summed E-state index contributed by atoms with van der Waals surface area (Å²) in [5.74, 6) is -0.706. The third-order valence-electron chi connectivity index (χ3n) is 3.38. The number of rotatable bonds is 8. The molecule has 1 aromatic rings. The molecule has 21 heavy (non-hydrogen) atoms. The van der Waals surface area contributed by atoms with Crippen LogP contribution in [0.25, 0.3) is 0 Å². The standard InChI is InChI=1S/C15H25FN2O2S/c1-4-6-8-18(9-7-5-2)21(19,20)14-11-13(17)10-12(3)15(14)16/h10-11H,4-9,17H2,1-3H3. The molecule has 0 fully saturated rings. The second-order valence-electron chi connectivity index (χ2n) is 5.26. The third kappa shape index (κ3) is 4.41. The van der Waals surface area contributed by atoms with E-state index in [1.54, 1.807) is 0 Å². The van der Waals surface area contributed by atoms with Crippen LogP contribution in [0.4, 0.5) is 10.1 Å². The van der Waals surface area contributed by atoms with E-state index in [1.807, 2.05) is 13.8 Å². The molecule has 120 valence electrons. The van der Waals surface area contributed by atoms with Crippen molar-refractivity contribution in [2.75, 3.05) is 18.8 Å². The number of benzene rings is 1. The number of nitrogens with two attached hydrogens (primary N) is 1. The van der Waals surface area contributed by atoms with Crippen molar-refractivity contribution in [2.45, 2.75) is 51.3 Å². The number of hydrogen-bond acceptors (Lipinski definition) is 3. The van der Waals surface area contributed by atoms with Crippen LogP contribution in [-0.2, 0) is 10.0 Å². The molecule has 2 N–H and O–H groups in total. The monoisotopic (exact) mass is 316 g/mol. The van der Waals surface area contributed by atoms with Gasteiger partial charge in [-0.3, -0.25) is 0 Å². The summed E-state index contributed by atoms with van der Waals surface area (Å²) in [7, 11) is -3.84. The molecule has 0 aliphatic heterocycles. The van der Waals surface area contributed by atoms with Gasteiger partial charge in [0.1, 0.15) is 10.7 Å². The van der Waals surface area contributed by atoms with E-state index >= 15 is 0 Å². The molecule has 0 saturated carbocycles. The lowest BCUT2D eigenvalue weighted by Gasteiger charge is -2.22. The van der Waals surface area contributed by atoms with E-state index in [4.69, 9.17) is 5.73 Å². The van der Waals surface area contributed by atoms with E-state index in [0.717, 1.165) is 25.7 Å². The maximum absolute atomic E-state index is 14.2. The fraction of sp³-hybridized carbons (Fsp3) is 0.600. The maximum Gasteiger partial charge on any atom is 0.246 e. The molecule has 0 aromatic heterocycles. The SMILES string of the molecule is CCCCN(CCCC)S(=O)(=O)c1cc(N)cc(C)c1F. The molecular formula is C15H25FN2O2S. The largest absolute Gasteiger partial charge is 0.399 e. The molecule has 4 nitrogen and oxygen atoms in total. The zero-order valence-electron chi connectivity index (χ0n) is 13.0. The zero-order valence-corrected chi connectivity index (χ0v) is 13.8. The van der Waals surface area contributed by atoms with Crippen molar-refractivity contribution in [3.63, 3.8) is 0 Å². The van der Waals surface area contributed by atoms with Crippen molar-refractivity contribution in [1.82, 2.24) is 4.31 Å². The van der Waals surface area contributed by atoms with Gasteiger partial charge in [-0.1, -0.05) is 26.7 Å². The smallest absolute Gasteiger partial charge is 0.246 e. The molecule has 0 bridgehead atoms. The van der Waals surface area contributed by atoms with Crippen molar-refractivity contribution >= 4 is 15.7 Å². The molecule has 0 atom stereocenters. The van der Waals surface area contributed by atoms with Gasteiger partial charge in [-0.25, -0.2) is 12.8 Å². The van der Waals surface area contributed by atoms with E-state index in [2.05, 4.69) is 0 Å². The summed E-state index contributed by atoms with van der Waals surface area (Å²) in [5, 5.41) is 0. The van der Waals surface area contributed by atoms with E-state index in [-0.39, 0.29) is 16.1 Å². The van der Waals surface area contributed by atoms with E-state index in [9.17, 15) is 12.8 Å². The highest BCUT2D eigenvalue weighted by atomic mass is 32.2. The Morgan fingerprint density at radius 2 is 1.67 bits per heavy atom. The summed E-state index contributed by atoms with van der Waals surface area (Å²) in [4.78, 5) is -0.313. The Balaban J connectivity index is 3.21. The molecule has 0 heterocycles. The van der Waals surface area contributed by atoms with Gasteiger partial charge in [0.2, 0.25) is 10.0 Å². The van der Waals surface area contributed by atoms with Gasteiger partial charge in [0.05, 0.1) is 0 Å². The Hall–Kier alpha value is -1.14. The average molecular weight is 316 g/mol. The molecule has 1 aromatic carbocycles. The van der Waals surface area contributed by atoms with E-state index < -0.39 is 15.8 Å². The highest BCUT2D eigenvalue weighted by molar-refractivity contribution is 7.89. The fourth-order valence-corrected chi connectivity index (χ4v) is 3.80. The Bertz CT molecular complexity index is 565. The number of halogens is 1. The van der Waals surface area contributed by atoms with Crippen molar-refractivity contribution in [3.8, 4) is 0 Å². The lowest BCUT2D eigenvalue weighted by molar-refractivity contribution is 0.392. The minimum absolute atomic E-state index is 0.250. The van der Waals surface area contributed by atoms with E-state index in [0.29, 0.717) is 13.1 Å². The average Bonchev–Trinajstić information content (AvgIpc) is 2.42. The summed E-state index contributed by atoms with van der Waals surface area (Å²) < 4.78 is 41.0. The first-order valence-electron chi connectivity index (χ1n) is 7.40. The van der Waals surface area contributed by atoms with Crippen LogP contribution in [0.3, 0.4) is 0 Å². The number of sulfonamides is 1. The molecule has 0 aliphatic rings. The molecule has 0 aliphatic carbocycles. The molecule has 0 radical (unpaired) electrons. The maximum atomic E-state index is 14.2. The Labute approximate surface area is 127 Å². The van der Waals surface area contributed by atoms with Gasteiger partial charge >= 0.3 is 0 Å².